The molecule has 0 amide bonds. The summed E-state index contributed by atoms with van der Waals surface area (Å²) in [6.07, 6.45) is 1.59. The summed E-state index contributed by atoms with van der Waals surface area (Å²) in [5.74, 6) is -0.147. The van der Waals surface area contributed by atoms with Gasteiger partial charge in [0, 0.05) is 18.2 Å². The summed E-state index contributed by atoms with van der Waals surface area (Å²) in [7, 11) is 3.18. The minimum atomic E-state index is -0.393. The van der Waals surface area contributed by atoms with Gasteiger partial charge in [0.2, 0.25) is 0 Å². The van der Waals surface area contributed by atoms with E-state index in [1.807, 2.05) is 37.4 Å². The van der Waals surface area contributed by atoms with E-state index >= 15 is 0 Å². The first-order chi connectivity index (χ1) is 15.5. The van der Waals surface area contributed by atoms with Gasteiger partial charge in [0.1, 0.15) is 17.2 Å². The van der Waals surface area contributed by atoms with Gasteiger partial charge in [-0.25, -0.2) is 14.2 Å². The maximum Gasteiger partial charge on any atom is 0.337 e. The van der Waals surface area contributed by atoms with Crippen molar-refractivity contribution < 1.29 is 13.9 Å². The minimum Gasteiger partial charge on any atom is -0.465 e. The Morgan fingerprint density at radius 1 is 1.03 bits per heavy atom. The van der Waals surface area contributed by atoms with Crippen molar-refractivity contribution in [3.63, 3.8) is 0 Å². The van der Waals surface area contributed by atoms with Gasteiger partial charge in [0.05, 0.1) is 22.9 Å². The third-order valence-electron chi connectivity index (χ3n) is 5.16. The second kappa shape index (κ2) is 7.97. The number of benzene rings is 3. The highest BCUT2D eigenvalue weighted by molar-refractivity contribution is 7.21. The van der Waals surface area contributed by atoms with Crippen LogP contribution in [0.2, 0.25) is 0 Å². The summed E-state index contributed by atoms with van der Waals surface area (Å²) in [5, 5.41) is 8.90. The van der Waals surface area contributed by atoms with Crippen molar-refractivity contribution >= 4 is 27.5 Å². The molecule has 8 heteroatoms. The van der Waals surface area contributed by atoms with Crippen LogP contribution in [0.15, 0.2) is 67.0 Å². The summed E-state index contributed by atoms with van der Waals surface area (Å²) in [5.41, 5.74) is 4.55. The zero-order chi connectivity index (χ0) is 22.2. The van der Waals surface area contributed by atoms with Crippen LogP contribution in [0.1, 0.15) is 10.4 Å². The van der Waals surface area contributed by atoms with E-state index < -0.39 is 5.97 Å². The summed E-state index contributed by atoms with van der Waals surface area (Å²) in [4.78, 5) is 16.5. The number of carbonyl (C=O) groups excluding carboxylic acids is 1. The maximum atomic E-state index is 14.1. The molecule has 6 nitrogen and oxygen atoms in total. The molecule has 0 bridgehead atoms. The second-order valence-corrected chi connectivity index (χ2v) is 8.26. The van der Waals surface area contributed by atoms with Crippen LogP contribution in [0.3, 0.4) is 0 Å². The average molecular weight is 444 g/mol. The summed E-state index contributed by atoms with van der Waals surface area (Å²) in [6, 6.07) is 17.9. The Kier molecular flexibility index (Phi) is 4.99. The Hall–Kier alpha value is -3.91. The number of rotatable bonds is 4. The zero-order valence-electron chi connectivity index (χ0n) is 17.2. The number of hydrogen-bond donors (Lipinski definition) is 0. The monoisotopic (exact) mass is 444 g/mol. The molecule has 5 rings (SSSR count). The molecule has 0 aliphatic carbocycles. The van der Waals surface area contributed by atoms with E-state index in [1.165, 1.54) is 30.6 Å². The molecule has 0 saturated carbocycles. The van der Waals surface area contributed by atoms with Gasteiger partial charge in [0.25, 0.3) is 0 Å². The molecule has 32 heavy (non-hydrogen) atoms. The molecule has 0 fully saturated rings. The Labute approximate surface area is 187 Å². The SMILES string of the molecule is COC(=O)c1ccc2sc(-c3cccc(-c4ccc(F)cc4-c4nncn4C)c3)nc2c1. The molecule has 0 saturated heterocycles. The van der Waals surface area contributed by atoms with Crippen molar-refractivity contribution in [1.82, 2.24) is 19.7 Å². The number of methoxy groups -OCH3 is 1. The largest absolute Gasteiger partial charge is 0.465 e. The normalized spacial score (nSPS) is 11.1. The van der Waals surface area contributed by atoms with Crippen molar-refractivity contribution in [1.29, 1.82) is 0 Å². The summed E-state index contributed by atoms with van der Waals surface area (Å²) in [6.45, 7) is 0. The summed E-state index contributed by atoms with van der Waals surface area (Å²) >= 11 is 1.54. The molecule has 2 heterocycles. The van der Waals surface area contributed by atoms with E-state index in [-0.39, 0.29) is 5.82 Å². The molecule has 0 unspecified atom stereocenters. The standard InChI is InChI=1S/C24H17FN4O2S/c1-29-13-26-28-22(29)19-12-17(25)7-8-18(19)14-4-3-5-15(10-14)23-27-20-11-16(24(30)31-2)6-9-21(20)32-23/h3-13H,1-2H3. The van der Waals surface area contributed by atoms with E-state index in [2.05, 4.69) is 10.2 Å². The quantitative estimate of drug-likeness (QED) is 0.350. The highest BCUT2D eigenvalue weighted by atomic mass is 32.1. The van der Waals surface area contributed by atoms with E-state index in [1.54, 1.807) is 29.1 Å². The Bertz CT molecular complexity index is 1470. The van der Waals surface area contributed by atoms with Crippen LogP contribution in [-0.4, -0.2) is 32.8 Å². The molecule has 0 aliphatic rings. The second-order valence-electron chi connectivity index (χ2n) is 7.23. The molecule has 0 aliphatic heterocycles. The van der Waals surface area contributed by atoms with Gasteiger partial charge in [-0.05, 0) is 47.5 Å². The van der Waals surface area contributed by atoms with Crippen LogP contribution >= 0.6 is 11.3 Å². The van der Waals surface area contributed by atoms with Gasteiger partial charge in [0.15, 0.2) is 5.82 Å². The third-order valence-corrected chi connectivity index (χ3v) is 6.25. The lowest BCUT2D eigenvalue weighted by atomic mass is 9.97. The van der Waals surface area contributed by atoms with Gasteiger partial charge < -0.3 is 9.30 Å². The number of nitrogens with zero attached hydrogens (tertiary/aromatic N) is 4. The lowest BCUT2D eigenvalue weighted by Gasteiger charge is -2.10. The molecule has 0 atom stereocenters. The van der Waals surface area contributed by atoms with Crippen molar-refractivity contribution in [2.75, 3.05) is 7.11 Å². The highest BCUT2D eigenvalue weighted by Gasteiger charge is 2.15. The van der Waals surface area contributed by atoms with E-state index in [9.17, 15) is 9.18 Å². The minimum absolute atomic E-state index is 0.338. The van der Waals surface area contributed by atoms with Gasteiger partial charge in [-0.2, -0.15) is 0 Å². The Balaban J connectivity index is 1.59. The smallest absolute Gasteiger partial charge is 0.337 e. The third kappa shape index (κ3) is 3.54. The fourth-order valence-electron chi connectivity index (χ4n) is 3.60. The Morgan fingerprint density at radius 2 is 1.88 bits per heavy atom. The predicted molar refractivity (Wildman–Crippen MR) is 122 cm³/mol. The zero-order valence-corrected chi connectivity index (χ0v) is 18.1. The number of aryl methyl sites for hydroxylation is 1. The van der Waals surface area contributed by atoms with Crippen LogP contribution in [0.5, 0.6) is 0 Å². The first-order valence-electron chi connectivity index (χ1n) is 9.77. The van der Waals surface area contributed by atoms with Crippen molar-refractivity contribution in [2.24, 2.45) is 7.05 Å². The molecule has 3 aromatic carbocycles. The van der Waals surface area contributed by atoms with Gasteiger partial charge in [-0.15, -0.1) is 21.5 Å². The van der Waals surface area contributed by atoms with Crippen LogP contribution in [0.4, 0.5) is 4.39 Å². The molecule has 0 radical (unpaired) electrons. The number of fused-ring (bicyclic) bond motifs is 1. The fraction of sp³-hybridized carbons (Fsp3) is 0.0833. The number of esters is 1. The Morgan fingerprint density at radius 3 is 2.66 bits per heavy atom. The number of aromatic nitrogens is 4. The summed E-state index contributed by atoms with van der Waals surface area (Å²) < 4.78 is 21.6. The molecular formula is C24H17FN4O2S. The maximum absolute atomic E-state index is 14.1. The predicted octanol–water partition coefficient (Wildman–Crippen LogP) is 5.35. The van der Waals surface area contributed by atoms with Gasteiger partial charge in [-0.1, -0.05) is 24.3 Å². The molecule has 2 aromatic heterocycles. The fourth-order valence-corrected chi connectivity index (χ4v) is 4.54. The first kappa shape index (κ1) is 20.0. The average Bonchev–Trinajstić information content (AvgIpc) is 3.44. The van der Waals surface area contributed by atoms with Crippen LogP contribution in [0, 0.1) is 5.82 Å². The van der Waals surface area contributed by atoms with Crippen LogP contribution in [-0.2, 0) is 11.8 Å². The van der Waals surface area contributed by atoms with Crippen LogP contribution in [0.25, 0.3) is 43.3 Å². The van der Waals surface area contributed by atoms with Crippen molar-refractivity contribution in [3.8, 4) is 33.1 Å². The lowest BCUT2D eigenvalue weighted by molar-refractivity contribution is 0.0601. The van der Waals surface area contributed by atoms with E-state index in [4.69, 9.17) is 9.72 Å². The van der Waals surface area contributed by atoms with Crippen molar-refractivity contribution in [2.45, 2.75) is 0 Å². The first-order valence-corrected chi connectivity index (χ1v) is 10.6. The van der Waals surface area contributed by atoms with Crippen LogP contribution < -0.4 is 0 Å². The molecule has 158 valence electrons. The molecule has 0 N–H and O–H groups in total. The van der Waals surface area contributed by atoms with Gasteiger partial charge in [-0.3, -0.25) is 0 Å². The van der Waals surface area contributed by atoms with E-state index in [0.717, 1.165) is 31.9 Å². The topological polar surface area (TPSA) is 69.9 Å². The number of hydrogen-bond acceptors (Lipinski definition) is 6. The van der Waals surface area contributed by atoms with E-state index in [0.29, 0.717) is 17.0 Å². The van der Waals surface area contributed by atoms with Gasteiger partial charge >= 0.3 is 5.97 Å². The molecule has 0 spiro atoms. The molecule has 5 aromatic rings. The number of halogens is 1. The number of ether oxygens (including phenoxy) is 1. The molecular weight excluding hydrogens is 427 g/mol. The number of thiazole rings is 1. The lowest BCUT2D eigenvalue weighted by Crippen LogP contribution is -2.00. The number of carbonyl (C=O) groups is 1. The highest BCUT2D eigenvalue weighted by Crippen LogP contribution is 2.36. The van der Waals surface area contributed by atoms with Crippen molar-refractivity contribution in [3.05, 3.63) is 78.4 Å².